The van der Waals surface area contributed by atoms with E-state index in [0.717, 1.165) is 0 Å². The van der Waals surface area contributed by atoms with Gasteiger partial charge in [-0.2, -0.15) is 0 Å². The highest BCUT2D eigenvalue weighted by Gasteiger charge is 2.53. The van der Waals surface area contributed by atoms with Gasteiger partial charge in [0.05, 0.1) is 6.10 Å². The van der Waals surface area contributed by atoms with Crippen molar-refractivity contribution < 1.29 is 4.74 Å². The van der Waals surface area contributed by atoms with Gasteiger partial charge < -0.3 is 10.5 Å². The number of benzene rings is 1. The Kier molecular flexibility index (Phi) is 2.18. The van der Waals surface area contributed by atoms with E-state index in [1.54, 1.807) is 7.11 Å². The van der Waals surface area contributed by atoms with Gasteiger partial charge in [-0.15, -0.1) is 0 Å². The average Bonchev–Trinajstić information content (AvgIpc) is 2.32. The zero-order chi connectivity index (χ0) is 11.3. The Morgan fingerprint density at radius 1 is 1.20 bits per heavy atom. The number of nitrogens with two attached hydrogens (primary N) is 1. The lowest BCUT2D eigenvalue weighted by molar-refractivity contribution is -0.0171. The molecule has 2 N–H and O–H groups in total. The van der Waals surface area contributed by atoms with Crippen LogP contribution in [0.3, 0.4) is 0 Å². The second kappa shape index (κ2) is 3.06. The fourth-order valence-electron chi connectivity index (χ4n) is 2.63. The van der Waals surface area contributed by atoms with E-state index in [1.165, 1.54) is 11.1 Å². The molecule has 0 bridgehead atoms. The van der Waals surface area contributed by atoms with Crippen molar-refractivity contribution in [2.75, 3.05) is 7.11 Å². The van der Waals surface area contributed by atoms with Gasteiger partial charge in [0.2, 0.25) is 0 Å². The highest BCUT2D eigenvalue weighted by molar-refractivity contribution is 5.43. The zero-order valence-electron chi connectivity index (χ0n) is 9.87. The molecule has 0 aromatic heterocycles. The first-order valence-corrected chi connectivity index (χ1v) is 5.34. The molecule has 0 saturated carbocycles. The van der Waals surface area contributed by atoms with Gasteiger partial charge >= 0.3 is 0 Å². The molecule has 15 heavy (non-hydrogen) atoms. The van der Waals surface area contributed by atoms with E-state index in [-0.39, 0.29) is 17.1 Å². The van der Waals surface area contributed by atoms with E-state index < -0.39 is 0 Å². The van der Waals surface area contributed by atoms with Crippen molar-refractivity contribution in [3.05, 3.63) is 35.4 Å². The van der Waals surface area contributed by atoms with E-state index in [1.807, 2.05) is 12.1 Å². The van der Waals surface area contributed by atoms with Crippen LogP contribution in [0.5, 0.6) is 0 Å². The first kappa shape index (κ1) is 10.7. The van der Waals surface area contributed by atoms with Crippen LogP contribution in [-0.2, 0) is 10.3 Å². The maximum atomic E-state index is 6.45. The molecule has 2 rings (SSSR count). The summed E-state index contributed by atoms with van der Waals surface area (Å²) in [5, 5.41) is 0. The highest BCUT2D eigenvalue weighted by atomic mass is 16.5. The third kappa shape index (κ3) is 1.18. The smallest absolute Gasteiger partial charge is 0.0896 e. The van der Waals surface area contributed by atoms with Gasteiger partial charge in [0.25, 0.3) is 0 Å². The second-order valence-corrected chi connectivity index (χ2v) is 5.13. The highest BCUT2D eigenvalue weighted by Crippen LogP contribution is 2.55. The quantitative estimate of drug-likeness (QED) is 0.764. The van der Waals surface area contributed by atoms with Gasteiger partial charge in [-0.1, -0.05) is 38.1 Å². The number of fused-ring (bicyclic) bond motifs is 1. The standard InChI is InChI=1S/C13H19NO/c1-12(2)11(15-4)9-7-5-6-8-10(9)13(12,3)14/h5-8,11H,14H2,1-4H3. The Bertz CT molecular complexity index is 382. The average molecular weight is 205 g/mol. The number of hydrogen-bond donors (Lipinski definition) is 1. The molecule has 0 fully saturated rings. The van der Waals surface area contributed by atoms with Crippen LogP contribution >= 0.6 is 0 Å². The molecule has 1 aliphatic rings. The normalized spacial score (nSPS) is 32.7. The number of rotatable bonds is 1. The Hall–Kier alpha value is -0.860. The van der Waals surface area contributed by atoms with E-state index in [0.29, 0.717) is 0 Å². The molecule has 2 atom stereocenters. The molecular formula is C13H19NO. The van der Waals surface area contributed by atoms with Crippen molar-refractivity contribution in [3.8, 4) is 0 Å². The molecule has 82 valence electrons. The van der Waals surface area contributed by atoms with Crippen LogP contribution in [0.2, 0.25) is 0 Å². The molecular weight excluding hydrogens is 186 g/mol. The van der Waals surface area contributed by atoms with Crippen LogP contribution in [0.1, 0.15) is 38.0 Å². The summed E-state index contributed by atoms with van der Waals surface area (Å²) in [5.41, 5.74) is 8.49. The van der Waals surface area contributed by atoms with Gasteiger partial charge in [-0.05, 0) is 18.1 Å². The van der Waals surface area contributed by atoms with Crippen LogP contribution in [0.4, 0.5) is 0 Å². The van der Waals surface area contributed by atoms with Crippen molar-refractivity contribution in [3.63, 3.8) is 0 Å². The maximum absolute atomic E-state index is 6.45. The fourth-order valence-corrected chi connectivity index (χ4v) is 2.63. The number of methoxy groups -OCH3 is 1. The minimum Gasteiger partial charge on any atom is -0.376 e. The SMILES string of the molecule is COC1c2ccccc2C(C)(N)C1(C)C. The molecule has 2 heteroatoms. The molecule has 0 saturated heterocycles. The third-order valence-electron chi connectivity index (χ3n) is 4.03. The minimum absolute atomic E-state index is 0.0779. The lowest BCUT2D eigenvalue weighted by Gasteiger charge is -2.38. The molecule has 1 aliphatic carbocycles. The zero-order valence-corrected chi connectivity index (χ0v) is 9.87. The molecule has 2 unspecified atom stereocenters. The lowest BCUT2D eigenvalue weighted by atomic mass is 9.73. The molecule has 1 aromatic carbocycles. The van der Waals surface area contributed by atoms with Gasteiger partial charge in [0, 0.05) is 18.1 Å². The van der Waals surface area contributed by atoms with Crippen LogP contribution in [-0.4, -0.2) is 7.11 Å². The summed E-state index contributed by atoms with van der Waals surface area (Å²) in [6.07, 6.45) is 0.0868. The van der Waals surface area contributed by atoms with E-state index in [9.17, 15) is 0 Å². The van der Waals surface area contributed by atoms with Crippen LogP contribution in [0.25, 0.3) is 0 Å². The first-order valence-electron chi connectivity index (χ1n) is 5.34. The summed E-state index contributed by atoms with van der Waals surface area (Å²) >= 11 is 0. The third-order valence-corrected chi connectivity index (χ3v) is 4.03. The van der Waals surface area contributed by atoms with Crippen molar-refractivity contribution in [2.45, 2.75) is 32.4 Å². The van der Waals surface area contributed by atoms with Gasteiger partial charge in [-0.25, -0.2) is 0 Å². The number of ether oxygens (including phenoxy) is 1. The lowest BCUT2D eigenvalue weighted by Crippen LogP contribution is -2.45. The Labute approximate surface area is 91.4 Å². The molecule has 0 spiro atoms. The van der Waals surface area contributed by atoms with Crippen LogP contribution in [0.15, 0.2) is 24.3 Å². The van der Waals surface area contributed by atoms with Crippen LogP contribution in [0, 0.1) is 5.41 Å². The van der Waals surface area contributed by atoms with Gasteiger partial charge in [0.1, 0.15) is 0 Å². The minimum atomic E-state index is -0.329. The first-order chi connectivity index (χ1) is 6.93. The fraction of sp³-hybridized carbons (Fsp3) is 0.538. The number of hydrogen-bond acceptors (Lipinski definition) is 2. The Morgan fingerprint density at radius 2 is 1.80 bits per heavy atom. The molecule has 1 aromatic rings. The predicted octanol–water partition coefficient (Wildman–Crippen LogP) is 2.59. The second-order valence-electron chi connectivity index (χ2n) is 5.13. The Balaban J connectivity index is 2.65. The summed E-state index contributed by atoms with van der Waals surface area (Å²) in [5.74, 6) is 0. The summed E-state index contributed by atoms with van der Waals surface area (Å²) in [7, 11) is 1.75. The molecule has 0 aliphatic heterocycles. The molecule has 2 nitrogen and oxygen atoms in total. The summed E-state index contributed by atoms with van der Waals surface area (Å²) < 4.78 is 5.61. The summed E-state index contributed by atoms with van der Waals surface area (Å²) in [4.78, 5) is 0. The molecule has 0 heterocycles. The monoisotopic (exact) mass is 205 g/mol. The largest absolute Gasteiger partial charge is 0.376 e. The van der Waals surface area contributed by atoms with E-state index in [4.69, 9.17) is 10.5 Å². The summed E-state index contributed by atoms with van der Waals surface area (Å²) in [6, 6.07) is 8.31. The van der Waals surface area contributed by atoms with Crippen molar-refractivity contribution >= 4 is 0 Å². The topological polar surface area (TPSA) is 35.2 Å². The van der Waals surface area contributed by atoms with Crippen molar-refractivity contribution in [1.29, 1.82) is 0 Å². The maximum Gasteiger partial charge on any atom is 0.0896 e. The molecule has 0 amide bonds. The van der Waals surface area contributed by atoms with E-state index >= 15 is 0 Å². The van der Waals surface area contributed by atoms with E-state index in [2.05, 4.69) is 32.9 Å². The Morgan fingerprint density at radius 3 is 2.40 bits per heavy atom. The van der Waals surface area contributed by atoms with Crippen LogP contribution < -0.4 is 5.73 Å². The summed E-state index contributed by atoms with van der Waals surface area (Å²) in [6.45, 7) is 6.42. The van der Waals surface area contributed by atoms with Gasteiger partial charge in [-0.3, -0.25) is 0 Å². The van der Waals surface area contributed by atoms with Crippen molar-refractivity contribution in [2.24, 2.45) is 11.1 Å². The van der Waals surface area contributed by atoms with Gasteiger partial charge in [0.15, 0.2) is 0 Å². The predicted molar refractivity (Wildman–Crippen MR) is 61.5 cm³/mol. The molecule has 0 radical (unpaired) electrons. The van der Waals surface area contributed by atoms with Crippen molar-refractivity contribution in [1.82, 2.24) is 0 Å².